The molecule has 0 amide bonds. The summed E-state index contributed by atoms with van der Waals surface area (Å²) in [7, 11) is 1.38. The van der Waals surface area contributed by atoms with Crippen molar-refractivity contribution in [1.29, 1.82) is 0 Å². The van der Waals surface area contributed by atoms with Gasteiger partial charge in [0.2, 0.25) is 0 Å². The SMILES string of the molecule is COc1ccc(-c2nc(CO)no2)cc1F. The minimum Gasteiger partial charge on any atom is -0.494 e. The van der Waals surface area contributed by atoms with Crippen LogP contribution in [0.15, 0.2) is 22.7 Å². The molecule has 0 saturated carbocycles. The molecular formula is C10H9FN2O3. The van der Waals surface area contributed by atoms with E-state index in [0.717, 1.165) is 0 Å². The van der Waals surface area contributed by atoms with Crippen LogP contribution in [0.2, 0.25) is 0 Å². The molecule has 16 heavy (non-hydrogen) atoms. The van der Waals surface area contributed by atoms with Gasteiger partial charge in [0.05, 0.1) is 7.11 Å². The molecule has 1 N–H and O–H groups in total. The smallest absolute Gasteiger partial charge is 0.258 e. The monoisotopic (exact) mass is 224 g/mol. The topological polar surface area (TPSA) is 68.4 Å². The third-order valence-corrected chi connectivity index (χ3v) is 2.01. The van der Waals surface area contributed by atoms with Crippen molar-refractivity contribution in [2.24, 2.45) is 0 Å². The van der Waals surface area contributed by atoms with Crippen LogP contribution in [0.5, 0.6) is 5.75 Å². The number of aliphatic hydroxyl groups is 1. The summed E-state index contributed by atoms with van der Waals surface area (Å²) in [5, 5.41) is 12.2. The highest BCUT2D eigenvalue weighted by molar-refractivity contribution is 5.54. The molecule has 84 valence electrons. The van der Waals surface area contributed by atoms with Crippen LogP contribution in [-0.2, 0) is 6.61 Å². The fourth-order valence-electron chi connectivity index (χ4n) is 1.23. The van der Waals surface area contributed by atoms with Crippen molar-refractivity contribution in [2.45, 2.75) is 6.61 Å². The molecule has 0 unspecified atom stereocenters. The maximum atomic E-state index is 13.4. The summed E-state index contributed by atoms with van der Waals surface area (Å²) < 4.78 is 23.0. The molecule has 2 aromatic rings. The molecule has 0 fully saturated rings. The molecule has 0 atom stereocenters. The van der Waals surface area contributed by atoms with Crippen LogP contribution in [-0.4, -0.2) is 22.4 Å². The largest absolute Gasteiger partial charge is 0.494 e. The van der Waals surface area contributed by atoms with Gasteiger partial charge in [-0.25, -0.2) is 4.39 Å². The third-order valence-electron chi connectivity index (χ3n) is 2.01. The zero-order valence-electron chi connectivity index (χ0n) is 8.48. The zero-order valence-corrected chi connectivity index (χ0v) is 8.48. The Labute approximate surface area is 90.5 Å². The number of aromatic nitrogens is 2. The highest BCUT2D eigenvalue weighted by Crippen LogP contribution is 2.24. The Morgan fingerprint density at radius 3 is 2.88 bits per heavy atom. The van der Waals surface area contributed by atoms with Crippen molar-refractivity contribution in [3.8, 4) is 17.2 Å². The zero-order chi connectivity index (χ0) is 11.5. The predicted molar refractivity (Wildman–Crippen MR) is 52.2 cm³/mol. The van der Waals surface area contributed by atoms with Crippen molar-refractivity contribution < 1.29 is 18.8 Å². The number of methoxy groups -OCH3 is 1. The van der Waals surface area contributed by atoms with Crippen LogP contribution in [0.4, 0.5) is 4.39 Å². The van der Waals surface area contributed by atoms with Crippen LogP contribution >= 0.6 is 0 Å². The summed E-state index contributed by atoms with van der Waals surface area (Å²) in [5.41, 5.74) is 0.436. The molecule has 0 aliphatic heterocycles. The van der Waals surface area contributed by atoms with Crippen molar-refractivity contribution in [3.63, 3.8) is 0 Å². The second-order valence-corrected chi connectivity index (χ2v) is 3.02. The van der Waals surface area contributed by atoms with Crippen LogP contribution < -0.4 is 4.74 Å². The Hall–Kier alpha value is -1.95. The van der Waals surface area contributed by atoms with Crippen LogP contribution in [0.3, 0.4) is 0 Å². The highest BCUT2D eigenvalue weighted by Gasteiger charge is 2.11. The van der Waals surface area contributed by atoms with E-state index in [1.54, 1.807) is 6.07 Å². The lowest BCUT2D eigenvalue weighted by atomic mass is 10.2. The number of halogens is 1. The van der Waals surface area contributed by atoms with E-state index in [9.17, 15) is 4.39 Å². The molecule has 0 radical (unpaired) electrons. The van der Waals surface area contributed by atoms with Gasteiger partial charge in [-0.3, -0.25) is 0 Å². The second-order valence-electron chi connectivity index (χ2n) is 3.02. The lowest BCUT2D eigenvalue weighted by Crippen LogP contribution is -1.89. The Morgan fingerprint density at radius 2 is 2.31 bits per heavy atom. The van der Waals surface area contributed by atoms with Gasteiger partial charge in [0, 0.05) is 5.56 Å². The lowest BCUT2D eigenvalue weighted by molar-refractivity contribution is 0.264. The third kappa shape index (κ3) is 1.87. The van der Waals surface area contributed by atoms with Crippen LogP contribution in [0, 0.1) is 5.82 Å². The normalized spacial score (nSPS) is 10.4. The van der Waals surface area contributed by atoms with Gasteiger partial charge < -0.3 is 14.4 Å². The summed E-state index contributed by atoms with van der Waals surface area (Å²) in [6.45, 7) is -0.317. The number of hydrogen-bond donors (Lipinski definition) is 1. The van der Waals surface area contributed by atoms with E-state index < -0.39 is 5.82 Å². The van der Waals surface area contributed by atoms with Gasteiger partial charge >= 0.3 is 0 Å². The minimum atomic E-state index is -0.510. The van der Waals surface area contributed by atoms with Crippen molar-refractivity contribution in [3.05, 3.63) is 29.8 Å². The summed E-state index contributed by atoms with van der Waals surface area (Å²) in [6.07, 6.45) is 0. The van der Waals surface area contributed by atoms with E-state index in [4.69, 9.17) is 14.4 Å². The highest BCUT2D eigenvalue weighted by atomic mass is 19.1. The van der Waals surface area contributed by atoms with Crippen molar-refractivity contribution in [2.75, 3.05) is 7.11 Å². The first-order chi connectivity index (χ1) is 7.74. The molecule has 5 nitrogen and oxygen atoms in total. The first kappa shape index (κ1) is 10.6. The number of benzene rings is 1. The number of hydrogen-bond acceptors (Lipinski definition) is 5. The quantitative estimate of drug-likeness (QED) is 0.852. The van der Waals surface area contributed by atoms with Gasteiger partial charge in [0.25, 0.3) is 5.89 Å². The van der Waals surface area contributed by atoms with Gasteiger partial charge in [0.15, 0.2) is 17.4 Å². The Bertz CT molecular complexity index is 499. The predicted octanol–water partition coefficient (Wildman–Crippen LogP) is 1.38. The maximum Gasteiger partial charge on any atom is 0.258 e. The fraction of sp³-hybridized carbons (Fsp3) is 0.200. The first-order valence-electron chi connectivity index (χ1n) is 4.52. The molecule has 0 aliphatic rings. The number of rotatable bonds is 3. The molecule has 0 spiro atoms. The van der Waals surface area contributed by atoms with Gasteiger partial charge in [0.1, 0.15) is 6.61 Å². The van der Waals surface area contributed by atoms with E-state index in [-0.39, 0.29) is 24.1 Å². The van der Waals surface area contributed by atoms with E-state index in [2.05, 4.69) is 10.1 Å². The Balaban J connectivity index is 2.37. The molecule has 0 aliphatic carbocycles. The number of ether oxygens (including phenoxy) is 1. The fourth-order valence-corrected chi connectivity index (χ4v) is 1.23. The Kier molecular flexibility index (Phi) is 2.82. The Morgan fingerprint density at radius 1 is 1.50 bits per heavy atom. The summed E-state index contributed by atoms with van der Waals surface area (Å²) >= 11 is 0. The maximum absolute atomic E-state index is 13.4. The van der Waals surface area contributed by atoms with Gasteiger partial charge in [-0.2, -0.15) is 4.98 Å². The average Bonchev–Trinajstić information content (AvgIpc) is 2.77. The van der Waals surface area contributed by atoms with Gasteiger partial charge in [-0.05, 0) is 18.2 Å². The first-order valence-corrected chi connectivity index (χ1v) is 4.52. The number of aliphatic hydroxyl groups excluding tert-OH is 1. The molecule has 1 aromatic heterocycles. The van der Waals surface area contributed by atoms with Gasteiger partial charge in [-0.1, -0.05) is 5.16 Å². The molecular weight excluding hydrogens is 215 g/mol. The average molecular weight is 224 g/mol. The van der Waals surface area contributed by atoms with E-state index >= 15 is 0 Å². The summed E-state index contributed by atoms with van der Waals surface area (Å²) in [4.78, 5) is 3.86. The summed E-state index contributed by atoms with van der Waals surface area (Å²) in [5.74, 6) is -0.0498. The molecule has 6 heteroatoms. The van der Waals surface area contributed by atoms with E-state index in [0.29, 0.717) is 5.56 Å². The standard InChI is InChI=1S/C10H9FN2O3/c1-15-8-3-2-6(4-7(8)11)10-12-9(5-14)13-16-10/h2-4,14H,5H2,1H3. The lowest BCUT2D eigenvalue weighted by Gasteiger charge is -2.01. The van der Waals surface area contributed by atoms with E-state index in [1.165, 1.54) is 19.2 Å². The molecule has 2 rings (SSSR count). The van der Waals surface area contributed by atoms with Crippen LogP contribution in [0.25, 0.3) is 11.5 Å². The molecule has 1 heterocycles. The molecule has 0 saturated heterocycles. The summed E-state index contributed by atoms with van der Waals surface area (Å²) in [6, 6.07) is 4.29. The molecule has 0 bridgehead atoms. The second kappa shape index (κ2) is 4.28. The van der Waals surface area contributed by atoms with Crippen molar-refractivity contribution in [1.82, 2.24) is 10.1 Å². The molecule has 1 aromatic carbocycles. The van der Waals surface area contributed by atoms with Crippen LogP contribution in [0.1, 0.15) is 5.82 Å². The van der Waals surface area contributed by atoms with Crippen molar-refractivity contribution >= 4 is 0 Å². The van der Waals surface area contributed by atoms with E-state index in [1.807, 2.05) is 0 Å². The number of nitrogens with zero attached hydrogens (tertiary/aromatic N) is 2. The minimum absolute atomic E-state index is 0.144. The van der Waals surface area contributed by atoms with Gasteiger partial charge in [-0.15, -0.1) is 0 Å².